The molecule has 0 amide bonds. The summed E-state index contributed by atoms with van der Waals surface area (Å²) in [5.41, 5.74) is 5.10. The molecule has 106 valence electrons. The lowest BCUT2D eigenvalue weighted by Crippen LogP contribution is -2.17. The highest BCUT2D eigenvalue weighted by Gasteiger charge is 2.24. The van der Waals surface area contributed by atoms with Crippen molar-refractivity contribution in [3.8, 4) is 0 Å². The number of aromatic amines is 1. The predicted octanol–water partition coefficient (Wildman–Crippen LogP) is 5.31. The molecule has 0 saturated carbocycles. The number of rotatable bonds is 2. The second-order valence-corrected chi connectivity index (χ2v) is 6.10. The Bertz CT molecular complexity index is 777. The highest BCUT2D eigenvalue weighted by atomic mass is 35.5. The fourth-order valence-corrected chi connectivity index (χ4v) is 3.49. The normalized spacial score (nSPS) is 17.7. The number of hydrogen-bond acceptors (Lipinski definition) is 1. The van der Waals surface area contributed by atoms with E-state index in [1.54, 1.807) is 0 Å². The zero-order valence-electron chi connectivity index (χ0n) is 11.7. The summed E-state index contributed by atoms with van der Waals surface area (Å²) >= 11 is 6.15. The first-order valence-electron chi connectivity index (χ1n) is 7.43. The largest absolute Gasteiger partial charge is 0.377 e. The van der Waals surface area contributed by atoms with Gasteiger partial charge in [0.25, 0.3) is 0 Å². The van der Waals surface area contributed by atoms with Crippen LogP contribution in [0.25, 0.3) is 10.9 Å². The molecule has 0 radical (unpaired) electrons. The molecule has 3 aromatic rings. The van der Waals surface area contributed by atoms with E-state index in [1.807, 2.05) is 12.1 Å². The minimum absolute atomic E-state index is 0.349. The summed E-state index contributed by atoms with van der Waals surface area (Å²) in [6, 6.07) is 16.9. The third-order valence-electron chi connectivity index (χ3n) is 4.28. The maximum absolute atomic E-state index is 6.15. The first-order valence-corrected chi connectivity index (χ1v) is 7.80. The molecule has 2 nitrogen and oxygen atoms in total. The van der Waals surface area contributed by atoms with Crippen LogP contribution >= 0.6 is 11.6 Å². The first kappa shape index (κ1) is 12.8. The van der Waals surface area contributed by atoms with Gasteiger partial charge in [0.1, 0.15) is 0 Å². The van der Waals surface area contributed by atoms with Crippen LogP contribution in [0.1, 0.15) is 30.1 Å². The van der Waals surface area contributed by atoms with E-state index in [0.717, 1.165) is 17.9 Å². The molecule has 0 aliphatic heterocycles. The van der Waals surface area contributed by atoms with Crippen LogP contribution in [0.3, 0.4) is 0 Å². The number of aryl methyl sites for hydroxylation is 1. The van der Waals surface area contributed by atoms with Gasteiger partial charge in [-0.15, -0.1) is 0 Å². The summed E-state index contributed by atoms with van der Waals surface area (Å²) in [6.45, 7) is 0. The SMILES string of the molecule is Clc1ccc2[nH]c3c(c2c1)CCC[C@@H]3Nc1ccccc1. The standard InChI is InChI=1S/C18H17ClN2/c19-12-9-10-16-15(11-12)14-7-4-8-17(18(14)21-16)20-13-5-2-1-3-6-13/h1-3,5-6,9-11,17,20-21H,4,7-8H2/t17-/m0/s1. The summed E-state index contributed by atoms with van der Waals surface area (Å²) in [5, 5.41) is 5.73. The van der Waals surface area contributed by atoms with Crippen LogP contribution in [-0.2, 0) is 6.42 Å². The van der Waals surface area contributed by atoms with E-state index in [2.05, 4.69) is 46.7 Å². The van der Waals surface area contributed by atoms with Crippen molar-refractivity contribution in [3.63, 3.8) is 0 Å². The van der Waals surface area contributed by atoms with E-state index in [-0.39, 0.29) is 0 Å². The summed E-state index contributed by atoms with van der Waals surface area (Å²) in [7, 11) is 0. The van der Waals surface area contributed by atoms with Gasteiger partial charge in [-0.25, -0.2) is 0 Å². The molecule has 0 bridgehead atoms. The van der Waals surface area contributed by atoms with Gasteiger partial charge < -0.3 is 10.3 Å². The Morgan fingerprint density at radius 1 is 1.10 bits per heavy atom. The molecule has 1 aliphatic rings. The zero-order valence-corrected chi connectivity index (χ0v) is 12.5. The van der Waals surface area contributed by atoms with Crippen molar-refractivity contribution < 1.29 is 0 Å². The maximum Gasteiger partial charge on any atom is 0.0666 e. The topological polar surface area (TPSA) is 27.8 Å². The Morgan fingerprint density at radius 3 is 2.81 bits per heavy atom. The van der Waals surface area contributed by atoms with E-state index in [0.29, 0.717) is 6.04 Å². The van der Waals surface area contributed by atoms with Gasteiger partial charge in [0.2, 0.25) is 0 Å². The average Bonchev–Trinajstić information content (AvgIpc) is 2.88. The summed E-state index contributed by atoms with van der Waals surface area (Å²) in [6.07, 6.45) is 3.49. The molecule has 2 aromatic carbocycles. The highest BCUT2D eigenvalue weighted by Crippen LogP contribution is 2.37. The molecule has 21 heavy (non-hydrogen) atoms. The fraction of sp³-hybridized carbons (Fsp3) is 0.222. The van der Waals surface area contributed by atoms with Gasteiger partial charge in [-0.1, -0.05) is 29.8 Å². The number of nitrogens with one attached hydrogen (secondary N) is 2. The van der Waals surface area contributed by atoms with Gasteiger partial charge in [0, 0.05) is 27.3 Å². The molecule has 0 spiro atoms. The van der Waals surface area contributed by atoms with Crippen LogP contribution in [0.4, 0.5) is 5.69 Å². The predicted molar refractivity (Wildman–Crippen MR) is 89.1 cm³/mol. The molecule has 1 aliphatic carbocycles. The van der Waals surface area contributed by atoms with E-state index in [9.17, 15) is 0 Å². The van der Waals surface area contributed by atoms with Crippen LogP contribution in [0, 0.1) is 0 Å². The van der Waals surface area contributed by atoms with Gasteiger partial charge in [-0.2, -0.15) is 0 Å². The van der Waals surface area contributed by atoms with E-state index < -0.39 is 0 Å². The number of benzene rings is 2. The van der Waals surface area contributed by atoms with Crippen molar-refractivity contribution in [2.45, 2.75) is 25.3 Å². The number of hydrogen-bond donors (Lipinski definition) is 2. The molecule has 2 N–H and O–H groups in total. The third kappa shape index (κ3) is 2.30. The number of fused-ring (bicyclic) bond motifs is 3. The second-order valence-electron chi connectivity index (χ2n) is 5.66. The zero-order chi connectivity index (χ0) is 14.2. The second kappa shape index (κ2) is 5.12. The van der Waals surface area contributed by atoms with Crippen molar-refractivity contribution in [2.24, 2.45) is 0 Å². The number of H-pyrrole nitrogens is 1. The minimum Gasteiger partial charge on any atom is -0.377 e. The van der Waals surface area contributed by atoms with Gasteiger partial charge in [0.15, 0.2) is 0 Å². The van der Waals surface area contributed by atoms with Gasteiger partial charge in [0.05, 0.1) is 6.04 Å². The Kier molecular flexibility index (Phi) is 3.12. The molecule has 0 fully saturated rings. The average molecular weight is 297 g/mol. The molecule has 4 rings (SSSR count). The van der Waals surface area contributed by atoms with Crippen molar-refractivity contribution in [1.29, 1.82) is 0 Å². The number of halogens is 1. The molecule has 0 unspecified atom stereocenters. The molecular formula is C18H17ClN2. The molecule has 1 atom stereocenters. The van der Waals surface area contributed by atoms with Crippen molar-refractivity contribution in [2.75, 3.05) is 5.32 Å². The van der Waals surface area contributed by atoms with Crippen LogP contribution < -0.4 is 5.32 Å². The van der Waals surface area contributed by atoms with Crippen molar-refractivity contribution in [3.05, 3.63) is 64.8 Å². The fourth-order valence-electron chi connectivity index (χ4n) is 3.31. The Hall–Kier alpha value is -1.93. The first-order chi connectivity index (χ1) is 10.3. The molecule has 1 aromatic heterocycles. The van der Waals surface area contributed by atoms with Gasteiger partial charge >= 0.3 is 0 Å². The van der Waals surface area contributed by atoms with Crippen molar-refractivity contribution >= 4 is 28.2 Å². The Labute approximate surface area is 129 Å². The molecule has 0 saturated heterocycles. The summed E-state index contributed by atoms with van der Waals surface area (Å²) in [5.74, 6) is 0. The maximum atomic E-state index is 6.15. The summed E-state index contributed by atoms with van der Waals surface area (Å²) in [4.78, 5) is 3.59. The smallest absolute Gasteiger partial charge is 0.0666 e. The highest BCUT2D eigenvalue weighted by molar-refractivity contribution is 6.31. The number of para-hydroxylation sites is 1. The quantitative estimate of drug-likeness (QED) is 0.659. The molecule has 1 heterocycles. The minimum atomic E-state index is 0.349. The van der Waals surface area contributed by atoms with Gasteiger partial charge in [-0.3, -0.25) is 0 Å². The lowest BCUT2D eigenvalue weighted by molar-refractivity contribution is 0.593. The van der Waals surface area contributed by atoms with Crippen molar-refractivity contribution in [1.82, 2.24) is 4.98 Å². The summed E-state index contributed by atoms with van der Waals surface area (Å²) < 4.78 is 0. The van der Waals surface area contributed by atoms with E-state index in [4.69, 9.17) is 11.6 Å². The Balaban J connectivity index is 1.76. The molecule has 3 heteroatoms. The molecular weight excluding hydrogens is 280 g/mol. The van der Waals surface area contributed by atoms with Crippen LogP contribution in [-0.4, -0.2) is 4.98 Å². The van der Waals surface area contributed by atoms with E-state index >= 15 is 0 Å². The lowest BCUT2D eigenvalue weighted by atomic mass is 9.91. The lowest BCUT2D eigenvalue weighted by Gasteiger charge is -2.24. The Morgan fingerprint density at radius 2 is 1.95 bits per heavy atom. The third-order valence-corrected chi connectivity index (χ3v) is 4.52. The monoisotopic (exact) mass is 296 g/mol. The van der Waals surface area contributed by atoms with Crippen LogP contribution in [0.15, 0.2) is 48.5 Å². The van der Waals surface area contributed by atoms with E-state index in [1.165, 1.54) is 34.3 Å². The number of aromatic nitrogens is 1. The van der Waals surface area contributed by atoms with Crippen LogP contribution in [0.5, 0.6) is 0 Å². The van der Waals surface area contributed by atoms with Gasteiger partial charge in [-0.05, 0) is 55.2 Å². The number of anilines is 1. The van der Waals surface area contributed by atoms with Crippen LogP contribution in [0.2, 0.25) is 5.02 Å².